The van der Waals surface area contributed by atoms with Crippen molar-refractivity contribution in [2.45, 2.75) is 32.6 Å². The summed E-state index contributed by atoms with van der Waals surface area (Å²) in [5, 5.41) is 9.41. The van der Waals surface area contributed by atoms with E-state index in [-0.39, 0.29) is 17.6 Å². The lowest BCUT2D eigenvalue weighted by atomic mass is 10.2. The molecule has 1 heterocycles. The molecular weight excluding hydrogens is 220 g/mol. The second-order valence-electron chi connectivity index (χ2n) is 4.15. The van der Waals surface area contributed by atoms with Gasteiger partial charge in [0.25, 0.3) is 5.91 Å². The number of H-pyrrole nitrogens is 1. The summed E-state index contributed by atoms with van der Waals surface area (Å²) in [6, 6.07) is 0. The van der Waals surface area contributed by atoms with E-state index in [4.69, 9.17) is 4.74 Å². The van der Waals surface area contributed by atoms with Gasteiger partial charge in [0.1, 0.15) is 5.82 Å². The van der Waals surface area contributed by atoms with Crippen molar-refractivity contribution in [1.29, 1.82) is 0 Å². The molecule has 0 atom stereocenters. The minimum atomic E-state index is -0.231. The Morgan fingerprint density at radius 1 is 1.47 bits per heavy atom. The Hall–Kier alpha value is -1.43. The molecule has 0 saturated carbocycles. The van der Waals surface area contributed by atoms with Gasteiger partial charge in [-0.05, 0) is 12.8 Å². The third-order valence-corrected chi connectivity index (χ3v) is 2.31. The van der Waals surface area contributed by atoms with E-state index in [0.29, 0.717) is 13.2 Å². The molecule has 0 fully saturated rings. The fourth-order valence-electron chi connectivity index (χ4n) is 1.29. The van der Waals surface area contributed by atoms with E-state index in [1.165, 1.54) is 0 Å². The number of aromatic nitrogens is 3. The van der Waals surface area contributed by atoms with Crippen LogP contribution in [0.15, 0.2) is 0 Å². The molecule has 1 rings (SSSR count). The van der Waals surface area contributed by atoms with Crippen LogP contribution in [0.3, 0.4) is 0 Å². The van der Waals surface area contributed by atoms with Crippen LogP contribution < -0.4 is 5.32 Å². The van der Waals surface area contributed by atoms with Gasteiger partial charge >= 0.3 is 0 Å². The van der Waals surface area contributed by atoms with Crippen molar-refractivity contribution >= 4 is 5.91 Å². The van der Waals surface area contributed by atoms with Crippen LogP contribution in [0.2, 0.25) is 0 Å². The molecule has 0 aliphatic rings. The van der Waals surface area contributed by atoms with Crippen LogP contribution >= 0.6 is 0 Å². The Labute approximate surface area is 101 Å². The first-order valence-corrected chi connectivity index (χ1v) is 5.84. The van der Waals surface area contributed by atoms with E-state index in [1.54, 1.807) is 7.11 Å². The van der Waals surface area contributed by atoms with Gasteiger partial charge in [0.2, 0.25) is 5.82 Å². The van der Waals surface area contributed by atoms with E-state index in [1.807, 2.05) is 13.8 Å². The number of nitrogens with zero attached hydrogens (tertiary/aromatic N) is 2. The van der Waals surface area contributed by atoms with Gasteiger partial charge in [0.05, 0.1) is 0 Å². The maximum absolute atomic E-state index is 11.6. The highest BCUT2D eigenvalue weighted by Gasteiger charge is 2.12. The molecule has 6 nitrogen and oxygen atoms in total. The summed E-state index contributed by atoms with van der Waals surface area (Å²) in [5.74, 6) is 0.950. The predicted octanol–water partition coefficient (Wildman–Crippen LogP) is 1.08. The molecule has 6 heteroatoms. The van der Waals surface area contributed by atoms with Gasteiger partial charge in [-0.1, -0.05) is 13.8 Å². The van der Waals surface area contributed by atoms with Crippen LogP contribution in [0.4, 0.5) is 0 Å². The zero-order chi connectivity index (χ0) is 12.7. The van der Waals surface area contributed by atoms with Crippen LogP contribution in [0.5, 0.6) is 0 Å². The number of hydrogen-bond donors (Lipinski definition) is 2. The number of rotatable bonds is 7. The first-order chi connectivity index (χ1) is 8.15. The lowest BCUT2D eigenvalue weighted by molar-refractivity contribution is 0.0941. The highest BCUT2D eigenvalue weighted by molar-refractivity contribution is 5.90. The maximum atomic E-state index is 11.6. The predicted molar refractivity (Wildman–Crippen MR) is 63.9 cm³/mol. The molecule has 0 spiro atoms. The number of aromatic amines is 1. The van der Waals surface area contributed by atoms with Crippen LogP contribution in [0.1, 0.15) is 49.1 Å². The molecule has 17 heavy (non-hydrogen) atoms. The number of methoxy groups -OCH3 is 1. The molecule has 2 N–H and O–H groups in total. The van der Waals surface area contributed by atoms with Crippen LogP contribution in [-0.2, 0) is 4.74 Å². The molecule has 0 unspecified atom stereocenters. The molecule has 0 aliphatic heterocycles. The summed E-state index contributed by atoms with van der Waals surface area (Å²) in [5.41, 5.74) is 0. The van der Waals surface area contributed by atoms with E-state index < -0.39 is 0 Å². The Balaban J connectivity index is 2.31. The fraction of sp³-hybridized carbons (Fsp3) is 0.727. The van der Waals surface area contributed by atoms with Gasteiger partial charge < -0.3 is 10.1 Å². The molecule has 1 aromatic heterocycles. The fourth-order valence-corrected chi connectivity index (χ4v) is 1.29. The Kier molecular flexibility index (Phi) is 5.62. The molecule has 0 aliphatic carbocycles. The lowest BCUT2D eigenvalue weighted by Gasteiger charge is -2.01. The number of ether oxygens (including phenoxy) is 1. The molecule has 0 radical (unpaired) electrons. The first-order valence-electron chi connectivity index (χ1n) is 5.84. The van der Waals surface area contributed by atoms with E-state index in [2.05, 4.69) is 20.5 Å². The zero-order valence-corrected chi connectivity index (χ0v) is 10.6. The quantitative estimate of drug-likeness (QED) is 0.699. The van der Waals surface area contributed by atoms with E-state index in [9.17, 15) is 4.79 Å². The van der Waals surface area contributed by atoms with Crippen molar-refractivity contribution in [1.82, 2.24) is 20.5 Å². The van der Waals surface area contributed by atoms with Gasteiger partial charge in [0, 0.05) is 26.2 Å². The van der Waals surface area contributed by atoms with Gasteiger partial charge in [-0.2, -0.15) is 0 Å². The zero-order valence-electron chi connectivity index (χ0n) is 10.6. The number of amides is 1. The van der Waals surface area contributed by atoms with Crippen LogP contribution in [-0.4, -0.2) is 41.3 Å². The summed E-state index contributed by atoms with van der Waals surface area (Å²) in [6.07, 6.45) is 1.82. The molecule has 0 aromatic carbocycles. The van der Waals surface area contributed by atoms with Crippen LogP contribution in [0.25, 0.3) is 0 Å². The Bertz CT molecular complexity index is 349. The number of unbranched alkanes of at least 4 members (excludes halogenated alkanes) is 1. The van der Waals surface area contributed by atoms with Crippen molar-refractivity contribution in [2.24, 2.45) is 0 Å². The number of carbonyl (C=O) groups excluding carboxylic acids is 1. The number of nitrogens with one attached hydrogen (secondary N) is 2. The van der Waals surface area contributed by atoms with Crippen molar-refractivity contribution < 1.29 is 9.53 Å². The number of carbonyl (C=O) groups is 1. The van der Waals surface area contributed by atoms with Crippen molar-refractivity contribution in [3.63, 3.8) is 0 Å². The average molecular weight is 240 g/mol. The molecule has 1 aromatic rings. The SMILES string of the molecule is COCCCCNC(=O)c1n[nH]c(C(C)C)n1. The van der Waals surface area contributed by atoms with Crippen molar-refractivity contribution in [3.05, 3.63) is 11.6 Å². The van der Waals surface area contributed by atoms with Crippen molar-refractivity contribution in [3.8, 4) is 0 Å². The van der Waals surface area contributed by atoms with E-state index in [0.717, 1.165) is 18.7 Å². The first kappa shape index (κ1) is 13.6. The van der Waals surface area contributed by atoms with Gasteiger partial charge in [-0.15, -0.1) is 5.10 Å². The van der Waals surface area contributed by atoms with Crippen LogP contribution in [0, 0.1) is 0 Å². The second-order valence-corrected chi connectivity index (χ2v) is 4.15. The smallest absolute Gasteiger partial charge is 0.290 e. The van der Waals surface area contributed by atoms with Gasteiger partial charge in [-0.3, -0.25) is 9.89 Å². The largest absolute Gasteiger partial charge is 0.385 e. The number of hydrogen-bond acceptors (Lipinski definition) is 4. The van der Waals surface area contributed by atoms with Gasteiger partial charge in [0.15, 0.2) is 0 Å². The monoisotopic (exact) mass is 240 g/mol. The molecule has 1 amide bonds. The highest BCUT2D eigenvalue weighted by atomic mass is 16.5. The minimum absolute atomic E-state index is 0.209. The summed E-state index contributed by atoms with van der Waals surface area (Å²) in [7, 11) is 1.67. The summed E-state index contributed by atoms with van der Waals surface area (Å²) in [4.78, 5) is 15.7. The minimum Gasteiger partial charge on any atom is -0.385 e. The molecule has 0 bridgehead atoms. The van der Waals surface area contributed by atoms with Crippen molar-refractivity contribution in [2.75, 3.05) is 20.3 Å². The average Bonchev–Trinajstić information content (AvgIpc) is 2.78. The van der Waals surface area contributed by atoms with E-state index >= 15 is 0 Å². The summed E-state index contributed by atoms with van der Waals surface area (Å²) in [6.45, 7) is 5.32. The normalized spacial score (nSPS) is 10.8. The summed E-state index contributed by atoms with van der Waals surface area (Å²) >= 11 is 0. The topological polar surface area (TPSA) is 79.9 Å². The molecular formula is C11H20N4O2. The lowest BCUT2D eigenvalue weighted by Crippen LogP contribution is -2.25. The highest BCUT2D eigenvalue weighted by Crippen LogP contribution is 2.07. The maximum Gasteiger partial charge on any atom is 0.290 e. The third kappa shape index (κ3) is 4.52. The second kappa shape index (κ2) is 7.01. The summed E-state index contributed by atoms with van der Waals surface area (Å²) < 4.78 is 4.92. The third-order valence-electron chi connectivity index (χ3n) is 2.31. The standard InChI is InChI=1S/C11H20N4O2/c1-8(2)9-13-10(15-14-9)11(16)12-6-4-5-7-17-3/h8H,4-7H2,1-3H3,(H,12,16)(H,13,14,15). The molecule has 0 saturated heterocycles. The van der Waals surface area contributed by atoms with Gasteiger partial charge in [-0.25, -0.2) is 4.98 Å². The Morgan fingerprint density at radius 3 is 2.82 bits per heavy atom. The Morgan fingerprint density at radius 2 is 2.24 bits per heavy atom. The molecule has 96 valence electrons.